The molecule has 6 heteroatoms. The number of carbonyl (C=O) groups excluding carboxylic acids is 1. The number of urea groups is 1. The van der Waals surface area contributed by atoms with E-state index >= 15 is 0 Å². The number of hydrogen-bond donors (Lipinski definition) is 2. The summed E-state index contributed by atoms with van der Waals surface area (Å²) in [6, 6.07) is -0.195. The van der Waals surface area contributed by atoms with Gasteiger partial charge in [0, 0.05) is 12.6 Å². The van der Waals surface area contributed by atoms with E-state index in [0.29, 0.717) is 13.2 Å². The van der Waals surface area contributed by atoms with Gasteiger partial charge in [-0.2, -0.15) is 0 Å². The van der Waals surface area contributed by atoms with Crippen LogP contribution in [0.15, 0.2) is 0 Å². The number of rotatable bonds is 4. The third kappa shape index (κ3) is 3.09. The van der Waals surface area contributed by atoms with Crippen molar-refractivity contribution in [2.75, 3.05) is 19.8 Å². The van der Waals surface area contributed by atoms with Gasteiger partial charge >= 0.3 is 12.0 Å². The van der Waals surface area contributed by atoms with Gasteiger partial charge in [0.15, 0.2) is 0 Å². The molecular weight excluding hydrogens is 224 g/mol. The summed E-state index contributed by atoms with van der Waals surface area (Å²) in [6.45, 7) is 2.82. The molecule has 0 bridgehead atoms. The topological polar surface area (TPSA) is 78.9 Å². The molecule has 1 heterocycles. The average Bonchev–Trinajstić information content (AvgIpc) is 2.98. The van der Waals surface area contributed by atoms with Crippen molar-refractivity contribution < 1.29 is 19.4 Å². The highest BCUT2D eigenvalue weighted by Crippen LogP contribution is 2.27. The summed E-state index contributed by atoms with van der Waals surface area (Å²) in [7, 11) is 0. The van der Waals surface area contributed by atoms with E-state index in [0.717, 1.165) is 19.3 Å². The van der Waals surface area contributed by atoms with Crippen LogP contribution in [0.25, 0.3) is 0 Å². The first-order valence-electron chi connectivity index (χ1n) is 5.88. The lowest BCUT2D eigenvalue weighted by Crippen LogP contribution is -2.53. The summed E-state index contributed by atoms with van der Waals surface area (Å²) < 4.78 is 5.25. The van der Waals surface area contributed by atoms with Gasteiger partial charge in [-0.3, -0.25) is 4.79 Å². The van der Waals surface area contributed by atoms with Crippen molar-refractivity contribution in [2.24, 2.45) is 0 Å². The predicted octanol–water partition coefficient (Wildman–Crippen LogP) is 0.424. The van der Waals surface area contributed by atoms with Crippen LogP contribution in [0, 0.1) is 0 Å². The smallest absolute Gasteiger partial charge is 0.323 e. The SMILES string of the molecule is CC1(NC(=O)N(CC(=O)O)C2CC2)CCOC1. The number of amides is 2. The fourth-order valence-electron chi connectivity index (χ4n) is 1.99. The van der Waals surface area contributed by atoms with Crippen LogP contribution in [-0.2, 0) is 9.53 Å². The Balaban J connectivity index is 1.93. The lowest BCUT2D eigenvalue weighted by Gasteiger charge is -2.28. The molecule has 1 saturated heterocycles. The van der Waals surface area contributed by atoms with Gasteiger partial charge in [-0.1, -0.05) is 0 Å². The minimum atomic E-state index is -0.972. The summed E-state index contributed by atoms with van der Waals surface area (Å²) >= 11 is 0. The van der Waals surface area contributed by atoms with Gasteiger partial charge < -0.3 is 20.1 Å². The van der Waals surface area contributed by atoms with Crippen LogP contribution in [0.4, 0.5) is 4.79 Å². The summed E-state index contributed by atoms with van der Waals surface area (Å²) in [6.07, 6.45) is 2.56. The molecule has 17 heavy (non-hydrogen) atoms. The first-order valence-corrected chi connectivity index (χ1v) is 5.88. The molecule has 0 radical (unpaired) electrons. The maximum absolute atomic E-state index is 12.0. The average molecular weight is 242 g/mol. The molecule has 1 aliphatic heterocycles. The van der Waals surface area contributed by atoms with Gasteiger partial charge in [-0.15, -0.1) is 0 Å². The monoisotopic (exact) mass is 242 g/mol. The van der Waals surface area contributed by atoms with Crippen molar-refractivity contribution in [3.8, 4) is 0 Å². The van der Waals surface area contributed by atoms with Crippen LogP contribution in [0.3, 0.4) is 0 Å². The largest absolute Gasteiger partial charge is 0.480 e. The van der Waals surface area contributed by atoms with E-state index in [4.69, 9.17) is 9.84 Å². The lowest BCUT2D eigenvalue weighted by molar-refractivity contribution is -0.137. The quantitative estimate of drug-likeness (QED) is 0.749. The number of nitrogens with zero attached hydrogens (tertiary/aromatic N) is 1. The second kappa shape index (κ2) is 4.52. The molecule has 2 aliphatic rings. The zero-order valence-corrected chi connectivity index (χ0v) is 9.94. The summed E-state index contributed by atoms with van der Waals surface area (Å²) in [5.74, 6) is -0.972. The van der Waals surface area contributed by atoms with E-state index in [1.165, 1.54) is 4.90 Å². The van der Waals surface area contributed by atoms with E-state index in [1.54, 1.807) is 0 Å². The van der Waals surface area contributed by atoms with Crippen molar-refractivity contribution in [3.05, 3.63) is 0 Å². The Hall–Kier alpha value is -1.30. The van der Waals surface area contributed by atoms with Crippen molar-refractivity contribution in [1.29, 1.82) is 0 Å². The van der Waals surface area contributed by atoms with Gasteiger partial charge in [0.2, 0.25) is 0 Å². The molecule has 2 amide bonds. The lowest BCUT2D eigenvalue weighted by atomic mass is 10.0. The molecule has 96 valence electrons. The number of aliphatic carboxylic acids is 1. The third-order valence-corrected chi connectivity index (χ3v) is 3.18. The Morgan fingerprint density at radius 2 is 2.24 bits per heavy atom. The highest BCUT2D eigenvalue weighted by Gasteiger charge is 2.38. The molecule has 0 aromatic carbocycles. The number of hydrogen-bond acceptors (Lipinski definition) is 3. The van der Waals surface area contributed by atoms with E-state index in [-0.39, 0.29) is 24.2 Å². The van der Waals surface area contributed by atoms with Crippen LogP contribution in [0.5, 0.6) is 0 Å². The highest BCUT2D eigenvalue weighted by atomic mass is 16.5. The van der Waals surface area contributed by atoms with Crippen LogP contribution in [0.1, 0.15) is 26.2 Å². The van der Waals surface area contributed by atoms with Crippen LogP contribution in [-0.4, -0.2) is 53.3 Å². The fourth-order valence-corrected chi connectivity index (χ4v) is 1.99. The summed E-state index contributed by atoms with van der Waals surface area (Å²) in [4.78, 5) is 24.1. The Morgan fingerprint density at radius 1 is 1.53 bits per heavy atom. The zero-order chi connectivity index (χ0) is 12.5. The summed E-state index contributed by atoms with van der Waals surface area (Å²) in [5.41, 5.74) is -0.358. The molecule has 2 fully saturated rings. The van der Waals surface area contributed by atoms with E-state index in [2.05, 4.69) is 5.32 Å². The maximum Gasteiger partial charge on any atom is 0.323 e. The first kappa shape index (κ1) is 12.2. The number of carbonyl (C=O) groups is 2. The zero-order valence-electron chi connectivity index (χ0n) is 9.94. The fraction of sp³-hybridized carbons (Fsp3) is 0.818. The summed E-state index contributed by atoms with van der Waals surface area (Å²) in [5, 5.41) is 11.7. The van der Waals surface area contributed by atoms with Gasteiger partial charge in [0.1, 0.15) is 6.54 Å². The normalized spacial score (nSPS) is 27.8. The minimum Gasteiger partial charge on any atom is -0.480 e. The Bertz CT molecular complexity index is 321. The van der Waals surface area contributed by atoms with Crippen LogP contribution in [0.2, 0.25) is 0 Å². The molecule has 1 aliphatic carbocycles. The molecule has 0 aromatic rings. The molecule has 6 nitrogen and oxygen atoms in total. The first-order chi connectivity index (χ1) is 8.00. The number of ether oxygens (including phenoxy) is 1. The second-order valence-corrected chi connectivity index (χ2v) is 5.05. The third-order valence-electron chi connectivity index (χ3n) is 3.18. The molecule has 0 spiro atoms. The molecule has 1 unspecified atom stereocenters. The number of nitrogens with one attached hydrogen (secondary N) is 1. The van der Waals surface area contributed by atoms with Crippen molar-refractivity contribution in [2.45, 2.75) is 37.8 Å². The van der Waals surface area contributed by atoms with Crippen molar-refractivity contribution in [1.82, 2.24) is 10.2 Å². The van der Waals surface area contributed by atoms with E-state index in [1.807, 2.05) is 6.92 Å². The van der Waals surface area contributed by atoms with Crippen LogP contribution < -0.4 is 5.32 Å². The molecule has 1 saturated carbocycles. The molecule has 0 aromatic heterocycles. The van der Waals surface area contributed by atoms with E-state index in [9.17, 15) is 9.59 Å². The molecule has 2 rings (SSSR count). The Kier molecular flexibility index (Phi) is 3.24. The van der Waals surface area contributed by atoms with Gasteiger partial charge in [0.05, 0.1) is 12.1 Å². The van der Waals surface area contributed by atoms with E-state index < -0.39 is 5.97 Å². The maximum atomic E-state index is 12.0. The van der Waals surface area contributed by atoms with Gasteiger partial charge in [0.25, 0.3) is 0 Å². The number of carboxylic acid groups (broad SMARTS) is 1. The molecular formula is C11H18N2O4. The number of carboxylic acids is 1. The van der Waals surface area contributed by atoms with Crippen molar-refractivity contribution in [3.63, 3.8) is 0 Å². The minimum absolute atomic E-state index is 0.0945. The standard InChI is InChI=1S/C11H18N2O4/c1-11(4-5-17-7-11)12-10(16)13(6-9(14)15)8-2-3-8/h8H,2-7H2,1H3,(H,12,16)(H,14,15). The van der Waals surface area contributed by atoms with Crippen molar-refractivity contribution >= 4 is 12.0 Å². The highest BCUT2D eigenvalue weighted by molar-refractivity contribution is 5.81. The Labute approximate surface area is 99.9 Å². The molecule has 2 N–H and O–H groups in total. The van der Waals surface area contributed by atoms with Gasteiger partial charge in [-0.25, -0.2) is 4.79 Å². The predicted molar refractivity (Wildman–Crippen MR) is 59.7 cm³/mol. The van der Waals surface area contributed by atoms with Crippen LogP contribution >= 0.6 is 0 Å². The Morgan fingerprint density at radius 3 is 2.71 bits per heavy atom. The van der Waals surface area contributed by atoms with Gasteiger partial charge in [-0.05, 0) is 26.2 Å². The molecule has 1 atom stereocenters. The second-order valence-electron chi connectivity index (χ2n) is 5.05.